The van der Waals surface area contributed by atoms with Crippen LogP contribution in [0.3, 0.4) is 0 Å². The minimum Gasteiger partial charge on any atom is -0.334 e. The summed E-state index contributed by atoms with van der Waals surface area (Å²) >= 11 is 0. The van der Waals surface area contributed by atoms with Crippen LogP contribution in [0.1, 0.15) is 34.9 Å². The highest BCUT2D eigenvalue weighted by atomic mass is 16.2. The van der Waals surface area contributed by atoms with Crippen molar-refractivity contribution in [1.82, 2.24) is 24.9 Å². The van der Waals surface area contributed by atoms with E-state index in [1.54, 1.807) is 15.9 Å². The van der Waals surface area contributed by atoms with Crippen LogP contribution in [0.2, 0.25) is 0 Å². The first-order valence-electron chi connectivity index (χ1n) is 10.3. The molecule has 8 heteroatoms. The number of urea groups is 1. The van der Waals surface area contributed by atoms with Gasteiger partial charge in [-0.05, 0) is 50.1 Å². The number of rotatable bonds is 3. The first kappa shape index (κ1) is 19.4. The van der Waals surface area contributed by atoms with Crippen LogP contribution in [0.25, 0.3) is 0 Å². The first-order chi connectivity index (χ1) is 14.1. The van der Waals surface area contributed by atoms with Crippen LogP contribution in [0, 0.1) is 6.92 Å². The molecule has 2 aromatic rings. The van der Waals surface area contributed by atoms with Crippen LogP contribution in [-0.2, 0) is 0 Å². The molecule has 29 heavy (non-hydrogen) atoms. The normalized spacial score (nSPS) is 19.8. The predicted molar refractivity (Wildman–Crippen MR) is 111 cm³/mol. The lowest BCUT2D eigenvalue weighted by molar-refractivity contribution is 0.0664. The van der Waals surface area contributed by atoms with Gasteiger partial charge in [0, 0.05) is 44.6 Å². The van der Waals surface area contributed by atoms with Crippen LogP contribution in [-0.4, -0.2) is 70.8 Å². The van der Waals surface area contributed by atoms with Gasteiger partial charge in [-0.3, -0.25) is 9.48 Å². The summed E-state index contributed by atoms with van der Waals surface area (Å²) in [7, 11) is 0. The van der Waals surface area contributed by atoms with Gasteiger partial charge < -0.3 is 20.4 Å². The maximum Gasteiger partial charge on any atom is 0.321 e. The topological polar surface area (TPSA) is 82.5 Å². The number of carbonyl (C=O) groups excluding carboxylic acids is 2. The molecule has 2 saturated heterocycles. The molecule has 0 aliphatic carbocycles. The summed E-state index contributed by atoms with van der Waals surface area (Å²) in [6.45, 7) is 5.98. The molecule has 0 saturated carbocycles. The lowest BCUT2D eigenvalue weighted by Gasteiger charge is -2.34. The number of nitrogens with zero attached hydrogens (tertiary/aromatic N) is 4. The lowest BCUT2D eigenvalue weighted by atomic mass is 10.1. The van der Waals surface area contributed by atoms with Gasteiger partial charge in [0.2, 0.25) is 0 Å². The molecular formula is C21H28N6O2. The number of aryl methyl sites for hydroxylation is 1. The molecule has 1 aromatic heterocycles. The van der Waals surface area contributed by atoms with E-state index in [0.717, 1.165) is 37.2 Å². The van der Waals surface area contributed by atoms with Crippen molar-refractivity contribution < 1.29 is 9.59 Å². The highest BCUT2D eigenvalue weighted by Gasteiger charge is 2.26. The van der Waals surface area contributed by atoms with Crippen LogP contribution >= 0.6 is 0 Å². The molecule has 0 spiro atoms. The van der Waals surface area contributed by atoms with Gasteiger partial charge in [-0.1, -0.05) is 12.1 Å². The van der Waals surface area contributed by atoms with Crippen molar-refractivity contribution in [3.63, 3.8) is 0 Å². The van der Waals surface area contributed by atoms with Gasteiger partial charge in [-0.15, -0.1) is 0 Å². The average Bonchev–Trinajstić information content (AvgIpc) is 3.24. The Hall–Kier alpha value is -2.87. The smallest absolute Gasteiger partial charge is 0.321 e. The molecule has 0 bridgehead atoms. The second kappa shape index (κ2) is 8.65. The SMILES string of the molecule is Cc1cccc(NC(=O)N2CCN(C(=O)c3ccn(C4CCCNC4)n3)CC2)c1. The number of benzene rings is 1. The molecule has 0 radical (unpaired) electrons. The van der Waals surface area contributed by atoms with Crippen molar-refractivity contribution in [2.24, 2.45) is 0 Å². The summed E-state index contributed by atoms with van der Waals surface area (Å²) in [5, 5.41) is 10.8. The van der Waals surface area contributed by atoms with Gasteiger partial charge in [-0.25, -0.2) is 4.79 Å². The van der Waals surface area contributed by atoms with Crippen LogP contribution < -0.4 is 10.6 Å². The molecule has 4 rings (SSSR count). The minimum absolute atomic E-state index is 0.0636. The summed E-state index contributed by atoms with van der Waals surface area (Å²) in [4.78, 5) is 28.8. The first-order valence-corrected chi connectivity index (χ1v) is 10.3. The summed E-state index contributed by atoms with van der Waals surface area (Å²) in [5.74, 6) is -0.0636. The molecule has 2 aliphatic heterocycles. The number of carbonyl (C=O) groups is 2. The Labute approximate surface area is 170 Å². The monoisotopic (exact) mass is 396 g/mol. The van der Waals surface area contributed by atoms with Crippen molar-refractivity contribution in [2.45, 2.75) is 25.8 Å². The van der Waals surface area contributed by atoms with Crippen LogP contribution in [0.15, 0.2) is 36.5 Å². The van der Waals surface area contributed by atoms with Gasteiger partial charge >= 0.3 is 6.03 Å². The Morgan fingerprint density at radius 3 is 2.66 bits per heavy atom. The van der Waals surface area contributed by atoms with E-state index in [1.165, 1.54) is 0 Å². The zero-order valence-electron chi connectivity index (χ0n) is 16.8. The maximum atomic E-state index is 12.8. The standard InChI is InChI=1S/C21H28N6O2/c1-16-4-2-5-17(14-16)23-21(29)26-12-10-25(11-13-26)20(28)19-7-9-27(24-19)18-6-3-8-22-15-18/h2,4-5,7,9,14,18,22H,3,6,8,10-13,15H2,1H3,(H,23,29). The molecule has 2 aliphatic rings. The highest BCUT2D eigenvalue weighted by molar-refractivity contribution is 5.93. The van der Waals surface area contributed by atoms with Crippen molar-refractivity contribution in [3.05, 3.63) is 47.8 Å². The van der Waals surface area contributed by atoms with Gasteiger partial charge in [0.1, 0.15) is 5.69 Å². The van der Waals surface area contributed by atoms with Crippen LogP contribution in [0.4, 0.5) is 10.5 Å². The van der Waals surface area contributed by atoms with Gasteiger partial charge in [-0.2, -0.15) is 5.10 Å². The van der Waals surface area contributed by atoms with E-state index in [4.69, 9.17) is 0 Å². The number of amides is 3. The van der Waals surface area contributed by atoms with E-state index in [-0.39, 0.29) is 11.9 Å². The molecular weight excluding hydrogens is 368 g/mol. The quantitative estimate of drug-likeness (QED) is 0.833. The predicted octanol–water partition coefficient (Wildman–Crippen LogP) is 2.11. The zero-order chi connectivity index (χ0) is 20.2. The van der Waals surface area contributed by atoms with Crippen LogP contribution in [0.5, 0.6) is 0 Å². The van der Waals surface area contributed by atoms with Crippen molar-refractivity contribution in [1.29, 1.82) is 0 Å². The van der Waals surface area contributed by atoms with Crippen molar-refractivity contribution >= 4 is 17.6 Å². The molecule has 1 unspecified atom stereocenters. The fourth-order valence-electron chi connectivity index (χ4n) is 3.91. The van der Waals surface area contributed by atoms with Gasteiger partial charge in [0.05, 0.1) is 6.04 Å². The molecule has 2 N–H and O–H groups in total. The molecule has 1 aromatic carbocycles. The van der Waals surface area contributed by atoms with Gasteiger partial charge in [0.15, 0.2) is 0 Å². The number of aromatic nitrogens is 2. The Morgan fingerprint density at radius 2 is 1.93 bits per heavy atom. The van der Waals surface area contributed by atoms with E-state index in [1.807, 2.05) is 42.1 Å². The largest absolute Gasteiger partial charge is 0.334 e. The Balaban J connectivity index is 1.30. The summed E-state index contributed by atoms with van der Waals surface area (Å²) in [6.07, 6.45) is 4.11. The van der Waals surface area contributed by atoms with Crippen molar-refractivity contribution in [2.75, 3.05) is 44.6 Å². The minimum atomic E-state index is -0.128. The molecule has 3 amide bonds. The van der Waals surface area contributed by atoms with E-state index in [9.17, 15) is 9.59 Å². The molecule has 3 heterocycles. The molecule has 2 fully saturated rings. The number of hydrogen-bond donors (Lipinski definition) is 2. The molecule has 154 valence electrons. The van der Waals surface area contributed by atoms with Gasteiger partial charge in [0.25, 0.3) is 5.91 Å². The third-order valence-corrected chi connectivity index (χ3v) is 5.60. The van der Waals surface area contributed by atoms with E-state index in [2.05, 4.69) is 15.7 Å². The third kappa shape index (κ3) is 4.59. The lowest BCUT2D eigenvalue weighted by Crippen LogP contribution is -2.51. The third-order valence-electron chi connectivity index (χ3n) is 5.60. The van der Waals surface area contributed by atoms with E-state index < -0.39 is 0 Å². The number of hydrogen-bond acceptors (Lipinski definition) is 4. The maximum absolute atomic E-state index is 12.8. The van der Waals surface area contributed by atoms with Crippen molar-refractivity contribution in [3.8, 4) is 0 Å². The fraction of sp³-hybridized carbons (Fsp3) is 0.476. The summed E-state index contributed by atoms with van der Waals surface area (Å²) in [5.41, 5.74) is 2.37. The summed E-state index contributed by atoms with van der Waals surface area (Å²) < 4.78 is 1.91. The summed E-state index contributed by atoms with van der Waals surface area (Å²) in [6, 6.07) is 9.71. The molecule has 8 nitrogen and oxygen atoms in total. The highest BCUT2D eigenvalue weighted by Crippen LogP contribution is 2.17. The van der Waals surface area contributed by atoms with E-state index in [0.29, 0.717) is 37.9 Å². The Morgan fingerprint density at radius 1 is 1.14 bits per heavy atom. The number of piperazine rings is 1. The number of nitrogens with one attached hydrogen (secondary N) is 2. The molecule has 1 atom stereocenters. The number of piperidine rings is 1. The second-order valence-corrected chi connectivity index (χ2v) is 7.76. The Kier molecular flexibility index (Phi) is 5.80. The number of anilines is 1. The second-order valence-electron chi connectivity index (χ2n) is 7.76. The fourth-order valence-corrected chi connectivity index (χ4v) is 3.91. The average molecular weight is 396 g/mol. The Bertz CT molecular complexity index is 866. The zero-order valence-corrected chi connectivity index (χ0v) is 16.8. The van der Waals surface area contributed by atoms with E-state index >= 15 is 0 Å².